The number of imidazole rings is 1. The van der Waals surface area contributed by atoms with Crippen LogP contribution in [-0.2, 0) is 6.54 Å². The molecule has 9 nitrogen and oxygen atoms in total. The third-order valence-electron chi connectivity index (χ3n) is 4.64. The lowest BCUT2D eigenvalue weighted by atomic mass is 9.91. The van der Waals surface area contributed by atoms with E-state index in [0.29, 0.717) is 37.0 Å². The van der Waals surface area contributed by atoms with Crippen molar-refractivity contribution in [2.75, 3.05) is 18.0 Å². The monoisotopic (exact) mass is 334 g/mol. The van der Waals surface area contributed by atoms with Crippen LogP contribution in [0.25, 0.3) is 0 Å². The van der Waals surface area contributed by atoms with Crippen LogP contribution in [0.3, 0.4) is 0 Å². The van der Waals surface area contributed by atoms with Gasteiger partial charge in [-0.2, -0.15) is 5.10 Å². The fraction of sp³-hybridized carbons (Fsp3) is 0.600. The molecule has 3 rings (SSSR count). The van der Waals surface area contributed by atoms with Gasteiger partial charge in [0.25, 0.3) is 0 Å². The molecule has 0 radical (unpaired) electrons. The van der Waals surface area contributed by atoms with Gasteiger partial charge in [-0.15, -0.1) is 0 Å². The second-order valence-corrected chi connectivity index (χ2v) is 6.07. The first-order chi connectivity index (χ1) is 11.5. The third kappa shape index (κ3) is 2.86. The highest BCUT2D eigenvalue weighted by Crippen LogP contribution is 2.36. The van der Waals surface area contributed by atoms with E-state index in [2.05, 4.69) is 15.1 Å². The minimum atomic E-state index is -0.630. The van der Waals surface area contributed by atoms with Crippen molar-refractivity contribution in [3.63, 3.8) is 0 Å². The van der Waals surface area contributed by atoms with E-state index in [1.54, 1.807) is 24.0 Å². The second-order valence-electron chi connectivity index (χ2n) is 6.07. The Kier molecular flexibility index (Phi) is 4.52. The molecular weight excluding hydrogens is 312 g/mol. The van der Waals surface area contributed by atoms with Gasteiger partial charge in [-0.1, -0.05) is 0 Å². The molecule has 24 heavy (non-hydrogen) atoms. The molecule has 1 unspecified atom stereocenters. The maximum atomic E-state index is 11.4. The molecule has 0 aliphatic carbocycles. The first-order valence-corrected chi connectivity index (χ1v) is 8.17. The third-order valence-corrected chi connectivity index (χ3v) is 4.64. The summed E-state index contributed by atoms with van der Waals surface area (Å²) in [6.45, 7) is 5.47. The number of nitro groups is 1. The molecule has 3 heterocycles. The zero-order chi connectivity index (χ0) is 17.3. The van der Waals surface area contributed by atoms with Gasteiger partial charge >= 0.3 is 5.69 Å². The van der Waals surface area contributed by atoms with Gasteiger partial charge in [0.15, 0.2) is 0 Å². The first-order valence-electron chi connectivity index (χ1n) is 8.17. The molecule has 2 aromatic rings. The number of aliphatic hydroxyl groups is 1. The number of H-pyrrole nitrogens is 1. The molecule has 1 atom stereocenters. The number of aromatic nitrogens is 4. The lowest BCUT2D eigenvalue weighted by molar-refractivity contribution is -0.384. The van der Waals surface area contributed by atoms with Gasteiger partial charge < -0.3 is 15.0 Å². The molecule has 2 aromatic heterocycles. The Balaban J connectivity index is 1.76. The summed E-state index contributed by atoms with van der Waals surface area (Å²) in [5.41, 5.74) is 0.525. The smallest absolute Gasteiger partial charge is 0.333 e. The van der Waals surface area contributed by atoms with Crippen LogP contribution >= 0.6 is 0 Å². The summed E-state index contributed by atoms with van der Waals surface area (Å²) < 4.78 is 1.69. The SMILES string of the molecule is CCn1nc(C)c([N+](=O)[O-])c1N1CCC(C(O)c2ncc[nH]2)CC1. The van der Waals surface area contributed by atoms with Gasteiger partial charge in [0.1, 0.15) is 17.6 Å². The predicted molar refractivity (Wildman–Crippen MR) is 87.8 cm³/mol. The minimum absolute atomic E-state index is 0.0851. The topological polar surface area (TPSA) is 113 Å². The fourth-order valence-electron chi connectivity index (χ4n) is 3.40. The minimum Gasteiger partial charge on any atom is -0.385 e. The summed E-state index contributed by atoms with van der Waals surface area (Å²) in [6, 6.07) is 0. The molecule has 1 saturated heterocycles. The predicted octanol–water partition coefficient (Wildman–Crippen LogP) is 1.79. The van der Waals surface area contributed by atoms with E-state index in [9.17, 15) is 15.2 Å². The molecule has 2 N–H and O–H groups in total. The second kappa shape index (κ2) is 6.60. The zero-order valence-corrected chi connectivity index (χ0v) is 13.8. The molecule has 0 bridgehead atoms. The highest BCUT2D eigenvalue weighted by atomic mass is 16.6. The molecule has 0 saturated carbocycles. The van der Waals surface area contributed by atoms with Crippen molar-refractivity contribution in [3.8, 4) is 0 Å². The maximum Gasteiger partial charge on any atom is 0.333 e. The highest BCUT2D eigenvalue weighted by molar-refractivity contribution is 5.61. The van der Waals surface area contributed by atoms with Crippen LogP contribution < -0.4 is 4.90 Å². The summed E-state index contributed by atoms with van der Waals surface area (Å²) in [5, 5.41) is 26.1. The van der Waals surface area contributed by atoms with Crippen LogP contribution in [0.15, 0.2) is 12.4 Å². The Morgan fingerprint density at radius 3 is 2.75 bits per heavy atom. The van der Waals surface area contributed by atoms with Gasteiger partial charge in [-0.25, -0.2) is 9.67 Å². The van der Waals surface area contributed by atoms with E-state index in [4.69, 9.17) is 0 Å². The zero-order valence-electron chi connectivity index (χ0n) is 13.8. The number of hydrogen-bond donors (Lipinski definition) is 2. The van der Waals surface area contributed by atoms with E-state index in [1.807, 2.05) is 11.8 Å². The molecular formula is C15H22N6O3. The fourth-order valence-corrected chi connectivity index (χ4v) is 3.40. The lowest BCUT2D eigenvalue weighted by Crippen LogP contribution is -2.37. The average molecular weight is 334 g/mol. The number of hydrogen-bond acceptors (Lipinski definition) is 6. The Labute approximate surface area is 139 Å². The van der Waals surface area contributed by atoms with Gasteiger partial charge in [0.2, 0.25) is 5.82 Å². The molecule has 130 valence electrons. The quantitative estimate of drug-likeness (QED) is 0.636. The number of nitrogens with zero attached hydrogens (tertiary/aromatic N) is 5. The van der Waals surface area contributed by atoms with Crippen molar-refractivity contribution in [2.24, 2.45) is 5.92 Å². The van der Waals surface area contributed by atoms with Gasteiger partial charge in [-0.05, 0) is 32.6 Å². The van der Waals surface area contributed by atoms with Crippen molar-refractivity contribution in [1.29, 1.82) is 0 Å². The summed E-state index contributed by atoms with van der Waals surface area (Å²) in [6.07, 6.45) is 4.18. The van der Waals surface area contributed by atoms with Crippen molar-refractivity contribution < 1.29 is 10.0 Å². The number of piperidine rings is 1. The van der Waals surface area contributed by atoms with Crippen molar-refractivity contribution in [1.82, 2.24) is 19.7 Å². The molecule has 1 fully saturated rings. The number of rotatable bonds is 5. The van der Waals surface area contributed by atoms with Crippen LogP contribution in [0.2, 0.25) is 0 Å². The van der Waals surface area contributed by atoms with E-state index in [-0.39, 0.29) is 16.5 Å². The van der Waals surface area contributed by atoms with Crippen LogP contribution in [0.4, 0.5) is 11.5 Å². The van der Waals surface area contributed by atoms with Gasteiger partial charge in [-0.3, -0.25) is 10.1 Å². The van der Waals surface area contributed by atoms with Crippen LogP contribution in [0.1, 0.15) is 37.4 Å². The van der Waals surface area contributed by atoms with Gasteiger partial charge in [0, 0.05) is 32.0 Å². The van der Waals surface area contributed by atoms with Crippen LogP contribution in [0, 0.1) is 23.0 Å². The van der Waals surface area contributed by atoms with Crippen LogP contribution in [-0.4, -0.2) is 42.9 Å². The Bertz CT molecular complexity index is 703. The highest BCUT2D eigenvalue weighted by Gasteiger charge is 2.33. The molecule has 0 spiro atoms. The summed E-state index contributed by atoms with van der Waals surface area (Å²) in [4.78, 5) is 20.1. The number of anilines is 1. The maximum absolute atomic E-state index is 11.4. The Hall–Kier alpha value is -2.42. The molecule has 9 heteroatoms. The standard InChI is InChI=1S/C15H22N6O3/c1-3-20-15(12(21(23)24)10(2)18-20)19-8-4-11(5-9-19)13(22)14-16-6-7-17-14/h6-7,11,13,22H,3-5,8-9H2,1-2H3,(H,16,17). The summed E-state index contributed by atoms with van der Waals surface area (Å²) in [5.74, 6) is 1.24. The first kappa shape index (κ1) is 16.4. The van der Waals surface area contributed by atoms with E-state index in [0.717, 1.165) is 12.8 Å². The molecule has 0 amide bonds. The van der Waals surface area contributed by atoms with Crippen molar-refractivity contribution >= 4 is 11.5 Å². The molecule has 1 aliphatic heterocycles. The van der Waals surface area contributed by atoms with Gasteiger partial charge in [0.05, 0.1) is 4.92 Å². The average Bonchev–Trinajstić information content (AvgIpc) is 3.21. The Morgan fingerprint density at radius 2 is 2.21 bits per heavy atom. The number of aromatic amines is 1. The molecule has 0 aromatic carbocycles. The van der Waals surface area contributed by atoms with Crippen LogP contribution in [0.5, 0.6) is 0 Å². The number of aliphatic hydroxyl groups excluding tert-OH is 1. The summed E-state index contributed by atoms with van der Waals surface area (Å²) >= 11 is 0. The van der Waals surface area contributed by atoms with E-state index >= 15 is 0 Å². The van der Waals surface area contributed by atoms with E-state index in [1.165, 1.54) is 0 Å². The van der Waals surface area contributed by atoms with Crippen molar-refractivity contribution in [2.45, 2.75) is 39.3 Å². The largest absolute Gasteiger partial charge is 0.385 e. The van der Waals surface area contributed by atoms with Crippen molar-refractivity contribution in [3.05, 3.63) is 34.0 Å². The summed E-state index contributed by atoms with van der Waals surface area (Å²) in [7, 11) is 0. The normalized spacial score (nSPS) is 17.2. The number of nitrogens with one attached hydrogen (secondary N) is 1. The van der Waals surface area contributed by atoms with E-state index < -0.39 is 6.10 Å². The lowest BCUT2D eigenvalue weighted by Gasteiger charge is -2.34. The Morgan fingerprint density at radius 1 is 1.50 bits per heavy atom. The molecule has 1 aliphatic rings. The number of aryl methyl sites for hydroxylation is 2.